The van der Waals surface area contributed by atoms with Crippen molar-refractivity contribution in [3.8, 4) is 10.9 Å². The van der Waals surface area contributed by atoms with E-state index in [9.17, 15) is 4.79 Å². The van der Waals surface area contributed by atoms with E-state index in [1.807, 2.05) is 35.7 Å². The average molecular weight is 385 g/mol. The minimum Gasteiger partial charge on any atom is -0.431 e. The third-order valence-electron chi connectivity index (χ3n) is 4.88. The van der Waals surface area contributed by atoms with Crippen LogP contribution in [0.15, 0.2) is 53.4 Å². The van der Waals surface area contributed by atoms with Gasteiger partial charge in [-0.1, -0.05) is 42.4 Å². The lowest BCUT2D eigenvalue weighted by molar-refractivity contribution is -0.126. The van der Waals surface area contributed by atoms with Crippen LogP contribution in [0.1, 0.15) is 36.1 Å². The number of rotatable bonds is 6. The maximum absolute atomic E-state index is 13.0. The zero-order valence-electron chi connectivity index (χ0n) is 14.3. The van der Waals surface area contributed by atoms with Crippen molar-refractivity contribution in [2.45, 2.75) is 37.6 Å². The van der Waals surface area contributed by atoms with E-state index in [1.54, 1.807) is 17.5 Å². The second-order valence-electron chi connectivity index (χ2n) is 6.49. The number of carbonyl (C=O) groups is 1. The lowest BCUT2D eigenvalue weighted by Gasteiger charge is -2.26. The van der Waals surface area contributed by atoms with Crippen molar-refractivity contribution in [3.63, 3.8) is 0 Å². The van der Waals surface area contributed by atoms with Gasteiger partial charge in [0.15, 0.2) is 0 Å². The van der Waals surface area contributed by atoms with Gasteiger partial charge in [0.1, 0.15) is 5.75 Å². The van der Waals surface area contributed by atoms with E-state index in [-0.39, 0.29) is 11.3 Å². The highest BCUT2D eigenvalue weighted by Crippen LogP contribution is 2.43. The van der Waals surface area contributed by atoms with E-state index in [1.165, 1.54) is 16.2 Å². The quantitative estimate of drug-likeness (QED) is 0.641. The summed E-state index contributed by atoms with van der Waals surface area (Å²) in [4.78, 5) is 18.3. The number of thiophene rings is 1. The van der Waals surface area contributed by atoms with Crippen LogP contribution in [0.25, 0.3) is 0 Å². The minimum atomic E-state index is -0.331. The van der Waals surface area contributed by atoms with Gasteiger partial charge in [0.2, 0.25) is 5.91 Å². The molecule has 3 aromatic rings. The SMILES string of the molecule is O=C(NCc1ccc(Oc2nccs2)cc1)C1(c2cccs2)CCCC1. The third kappa shape index (κ3) is 3.52. The zero-order chi connectivity index (χ0) is 17.8. The van der Waals surface area contributed by atoms with Gasteiger partial charge in [-0.05, 0) is 42.0 Å². The predicted molar refractivity (Wildman–Crippen MR) is 105 cm³/mol. The van der Waals surface area contributed by atoms with Crippen LogP contribution in [-0.4, -0.2) is 10.9 Å². The Labute approximate surface area is 160 Å². The van der Waals surface area contributed by atoms with Crippen molar-refractivity contribution in [3.05, 3.63) is 63.8 Å². The number of benzene rings is 1. The molecule has 0 radical (unpaired) electrons. The highest BCUT2D eigenvalue weighted by atomic mass is 32.1. The van der Waals surface area contributed by atoms with Crippen molar-refractivity contribution in [2.75, 3.05) is 0 Å². The van der Waals surface area contributed by atoms with Crippen molar-refractivity contribution < 1.29 is 9.53 Å². The summed E-state index contributed by atoms with van der Waals surface area (Å²) in [6.45, 7) is 0.531. The van der Waals surface area contributed by atoms with Crippen molar-refractivity contribution >= 4 is 28.6 Å². The van der Waals surface area contributed by atoms with Gasteiger partial charge in [0.25, 0.3) is 5.19 Å². The Morgan fingerprint density at radius 3 is 2.58 bits per heavy atom. The Bertz CT molecular complexity index is 837. The number of thiazole rings is 1. The molecule has 0 saturated heterocycles. The zero-order valence-corrected chi connectivity index (χ0v) is 15.9. The van der Waals surface area contributed by atoms with Gasteiger partial charge in [-0.2, -0.15) is 0 Å². The molecule has 0 atom stereocenters. The van der Waals surface area contributed by atoms with Gasteiger partial charge in [-0.3, -0.25) is 4.79 Å². The van der Waals surface area contributed by atoms with Gasteiger partial charge in [0.05, 0.1) is 5.41 Å². The van der Waals surface area contributed by atoms with Crippen molar-refractivity contribution in [2.24, 2.45) is 0 Å². The standard InChI is InChI=1S/C20H20N2O2S2/c23-18(20(9-1-2-10-20)17-4-3-12-25-17)22-14-15-5-7-16(8-6-15)24-19-21-11-13-26-19/h3-8,11-13H,1-2,9-10,14H2,(H,22,23). The molecule has 134 valence electrons. The van der Waals surface area contributed by atoms with Gasteiger partial charge < -0.3 is 10.1 Å². The van der Waals surface area contributed by atoms with E-state index in [0.717, 1.165) is 37.0 Å². The molecule has 1 aliphatic rings. The van der Waals surface area contributed by atoms with Crippen molar-refractivity contribution in [1.29, 1.82) is 0 Å². The number of ether oxygens (including phenoxy) is 1. The van der Waals surface area contributed by atoms with E-state index < -0.39 is 0 Å². The first-order valence-corrected chi connectivity index (χ1v) is 10.5. The molecule has 0 aliphatic heterocycles. The summed E-state index contributed by atoms with van der Waals surface area (Å²) < 4.78 is 5.67. The monoisotopic (exact) mass is 384 g/mol. The van der Waals surface area contributed by atoms with Crippen LogP contribution in [0.3, 0.4) is 0 Å². The van der Waals surface area contributed by atoms with Gasteiger partial charge in [-0.25, -0.2) is 4.98 Å². The molecule has 4 rings (SSSR count). The maximum atomic E-state index is 13.0. The molecule has 1 aliphatic carbocycles. The number of nitrogens with one attached hydrogen (secondary N) is 1. The van der Waals surface area contributed by atoms with E-state index in [0.29, 0.717) is 11.7 Å². The summed E-state index contributed by atoms with van der Waals surface area (Å²) in [5.41, 5.74) is 0.728. The molecule has 2 aromatic heterocycles. The topological polar surface area (TPSA) is 51.2 Å². The van der Waals surface area contributed by atoms with Crippen LogP contribution in [0.4, 0.5) is 0 Å². The third-order valence-corrected chi connectivity index (χ3v) is 6.60. The highest BCUT2D eigenvalue weighted by Gasteiger charge is 2.43. The molecular weight excluding hydrogens is 364 g/mol. The fourth-order valence-corrected chi connectivity index (χ4v) is 4.99. The maximum Gasteiger partial charge on any atom is 0.278 e. The summed E-state index contributed by atoms with van der Waals surface area (Å²) in [6.07, 6.45) is 5.85. The minimum absolute atomic E-state index is 0.153. The van der Waals surface area contributed by atoms with Crippen LogP contribution in [0, 0.1) is 0 Å². The molecule has 1 N–H and O–H groups in total. The Balaban J connectivity index is 1.39. The second-order valence-corrected chi connectivity index (χ2v) is 8.30. The number of hydrogen-bond acceptors (Lipinski definition) is 5. The van der Waals surface area contributed by atoms with Crippen molar-refractivity contribution in [1.82, 2.24) is 10.3 Å². The molecule has 26 heavy (non-hydrogen) atoms. The molecule has 1 aromatic carbocycles. The average Bonchev–Trinajstić information content (AvgIpc) is 3.42. The Morgan fingerprint density at radius 1 is 1.12 bits per heavy atom. The molecule has 6 heteroatoms. The largest absolute Gasteiger partial charge is 0.431 e. The number of nitrogens with zero attached hydrogens (tertiary/aromatic N) is 1. The highest BCUT2D eigenvalue weighted by molar-refractivity contribution is 7.11. The smallest absolute Gasteiger partial charge is 0.278 e. The van der Waals surface area contributed by atoms with Crippen LogP contribution in [0.5, 0.6) is 10.9 Å². The van der Waals surface area contributed by atoms with E-state index in [4.69, 9.17) is 4.74 Å². The summed E-state index contributed by atoms with van der Waals surface area (Å²) in [5.74, 6) is 0.904. The van der Waals surface area contributed by atoms with Crippen LogP contribution < -0.4 is 10.1 Å². The molecule has 0 unspecified atom stereocenters. The Hall–Kier alpha value is -2.18. The normalized spacial score (nSPS) is 15.7. The molecule has 0 spiro atoms. The molecule has 1 amide bonds. The summed E-state index contributed by atoms with van der Waals surface area (Å²) in [7, 11) is 0. The summed E-state index contributed by atoms with van der Waals surface area (Å²) in [5, 5.41) is 7.72. The first-order chi connectivity index (χ1) is 12.8. The van der Waals surface area contributed by atoms with Crippen LogP contribution >= 0.6 is 22.7 Å². The Kier molecular flexibility index (Phi) is 5.04. The molecule has 0 bridgehead atoms. The van der Waals surface area contributed by atoms with Gasteiger partial charge >= 0.3 is 0 Å². The first-order valence-electron chi connectivity index (χ1n) is 8.75. The summed E-state index contributed by atoms with van der Waals surface area (Å²) >= 11 is 3.15. The lowest BCUT2D eigenvalue weighted by atomic mass is 9.83. The lowest BCUT2D eigenvalue weighted by Crippen LogP contribution is -2.41. The molecule has 4 nitrogen and oxygen atoms in total. The molecule has 2 heterocycles. The number of carbonyl (C=O) groups excluding carboxylic acids is 1. The number of amides is 1. The second kappa shape index (κ2) is 7.60. The number of aromatic nitrogens is 1. The summed E-state index contributed by atoms with van der Waals surface area (Å²) in [6, 6.07) is 11.9. The Morgan fingerprint density at radius 2 is 1.92 bits per heavy atom. The fraction of sp³-hybridized carbons (Fsp3) is 0.300. The van der Waals surface area contributed by atoms with E-state index in [2.05, 4.69) is 21.7 Å². The molecular formula is C20H20N2O2S2. The van der Waals surface area contributed by atoms with Crippen LogP contribution in [0.2, 0.25) is 0 Å². The fourth-order valence-electron chi connectivity index (χ4n) is 3.50. The predicted octanol–water partition coefficient (Wildman–Crippen LogP) is 5.13. The first kappa shape index (κ1) is 17.2. The molecule has 1 fully saturated rings. The number of hydrogen-bond donors (Lipinski definition) is 1. The van der Waals surface area contributed by atoms with Gasteiger partial charge in [-0.15, -0.1) is 11.3 Å². The van der Waals surface area contributed by atoms with Crippen LogP contribution in [-0.2, 0) is 16.8 Å². The van der Waals surface area contributed by atoms with E-state index >= 15 is 0 Å². The molecule has 1 saturated carbocycles. The van der Waals surface area contributed by atoms with Gasteiger partial charge in [0, 0.05) is 23.0 Å².